The Morgan fingerprint density at radius 2 is 1.79 bits per heavy atom. The van der Waals surface area contributed by atoms with Gasteiger partial charge in [0.05, 0.1) is 23.9 Å². The number of aromatic nitrogens is 1. The second-order valence-corrected chi connectivity index (χ2v) is 8.13. The lowest BCUT2D eigenvalue weighted by Gasteiger charge is -2.16. The van der Waals surface area contributed by atoms with E-state index in [-0.39, 0.29) is 16.8 Å². The topological polar surface area (TPSA) is 80.3 Å². The van der Waals surface area contributed by atoms with Gasteiger partial charge in [-0.2, -0.15) is 0 Å². The van der Waals surface area contributed by atoms with E-state index in [1.807, 2.05) is 30.3 Å². The Bertz CT molecular complexity index is 1040. The van der Waals surface area contributed by atoms with Gasteiger partial charge in [0.25, 0.3) is 10.0 Å². The molecule has 146 valence electrons. The van der Waals surface area contributed by atoms with Crippen LogP contribution in [0.25, 0.3) is 0 Å². The zero-order chi connectivity index (χ0) is 20.1. The summed E-state index contributed by atoms with van der Waals surface area (Å²) < 4.78 is 32.9. The van der Waals surface area contributed by atoms with Crippen molar-refractivity contribution in [2.24, 2.45) is 0 Å². The summed E-state index contributed by atoms with van der Waals surface area (Å²) in [4.78, 5) is 4.37. The zero-order valence-corrected chi connectivity index (χ0v) is 16.8. The molecule has 0 radical (unpaired) electrons. The van der Waals surface area contributed by atoms with Gasteiger partial charge in [-0.05, 0) is 55.3 Å². The van der Waals surface area contributed by atoms with Crippen molar-refractivity contribution in [1.29, 1.82) is 0 Å². The Morgan fingerprint density at radius 1 is 1.04 bits per heavy atom. The number of methoxy groups -OCH3 is 1. The molecule has 1 atom stereocenters. The van der Waals surface area contributed by atoms with Crippen LogP contribution in [0.3, 0.4) is 0 Å². The van der Waals surface area contributed by atoms with E-state index in [1.54, 1.807) is 44.5 Å². The number of rotatable bonds is 7. The standard InChI is InChI=1S/C21H23N3O3S/c1-15-13-19(10-11-20(15)27-3)28(25,26)24-21-12-9-18(14-22-21)23-16(2)17-7-5-4-6-8-17/h4-14,16,23H,1-3H3,(H,22,24). The number of sulfonamides is 1. The van der Waals surface area contributed by atoms with Crippen LogP contribution < -0.4 is 14.8 Å². The van der Waals surface area contributed by atoms with Gasteiger partial charge in [-0.1, -0.05) is 30.3 Å². The number of hydrogen-bond acceptors (Lipinski definition) is 5. The molecule has 1 aromatic heterocycles. The molecule has 0 aliphatic heterocycles. The molecular weight excluding hydrogens is 374 g/mol. The molecule has 3 aromatic rings. The largest absolute Gasteiger partial charge is 0.496 e. The normalized spacial score (nSPS) is 12.2. The van der Waals surface area contributed by atoms with Crippen molar-refractivity contribution in [3.63, 3.8) is 0 Å². The predicted molar refractivity (Wildman–Crippen MR) is 111 cm³/mol. The van der Waals surface area contributed by atoms with Gasteiger partial charge in [0, 0.05) is 6.04 Å². The molecule has 0 fully saturated rings. The average Bonchev–Trinajstić information content (AvgIpc) is 2.70. The number of benzene rings is 2. The van der Waals surface area contributed by atoms with Gasteiger partial charge >= 0.3 is 0 Å². The maximum Gasteiger partial charge on any atom is 0.263 e. The first-order chi connectivity index (χ1) is 13.4. The van der Waals surface area contributed by atoms with E-state index in [0.717, 1.165) is 16.8 Å². The van der Waals surface area contributed by atoms with Crippen LogP contribution >= 0.6 is 0 Å². The third-order valence-electron chi connectivity index (χ3n) is 4.36. The number of hydrogen-bond donors (Lipinski definition) is 2. The van der Waals surface area contributed by atoms with Gasteiger partial charge in [-0.3, -0.25) is 4.72 Å². The Balaban J connectivity index is 1.70. The molecule has 2 aromatic carbocycles. The molecule has 0 amide bonds. The lowest BCUT2D eigenvalue weighted by Crippen LogP contribution is -2.14. The van der Waals surface area contributed by atoms with Crippen LogP contribution in [-0.2, 0) is 10.0 Å². The Kier molecular flexibility index (Phi) is 5.84. The Hall–Kier alpha value is -3.06. The highest BCUT2D eigenvalue weighted by Crippen LogP contribution is 2.24. The summed E-state index contributed by atoms with van der Waals surface area (Å²) >= 11 is 0. The molecule has 1 heterocycles. The van der Waals surface area contributed by atoms with Crippen molar-refractivity contribution in [2.75, 3.05) is 17.1 Å². The summed E-state index contributed by atoms with van der Waals surface area (Å²) in [6, 6.07) is 18.3. The molecule has 1 unspecified atom stereocenters. The second-order valence-electron chi connectivity index (χ2n) is 6.45. The van der Waals surface area contributed by atoms with E-state index < -0.39 is 10.0 Å². The van der Waals surface area contributed by atoms with E-state index in [0.29, 0.717) is 5.75 Å². The molecular formula is C21H23N3O3S. The number of aryl methyl sites for hydroxylation is 1. The first-order valence-corrected chi connectivity index (χ1v) is 10.3. The predicted octanol–water partition coefficient (Wildman–Crippen LogP) is 4.37. The maximum atomic E-state index is 12.6. The molecule has 0 spiro atoms. The summed E-state index contributed by atoms with van der Waals surface area (Å²) in [5.41, 5.74) is 2.70. The summed E-state index contributed by atoms with van der Waals surface area (Å²) in [5, 5.41) is 3.35. The smallest absolute Gasteiger partial charge is 0.263 e. The highest BCUT2D eigenvalue weighted by Gasteiger charge is 2.16. The minimum atomic E-state index is -3.73. The molecule has 3 rings (SSSR count). The monoisotopic (exact) mass is 397 g/mol. The van der Waals surface area contributed by atoms with Crippen molar-refractivity contribution in [3.05, 3.63) is 78.0 Å². The molecule has 6 nitrogen and oxygen atoms in total. The molecule has 28 heavy (non-hydrogen) atoms. The van der Waals surface area contributed by atoms with E-state index in [1.165, 1.54) is 6.07 Å². The Morgan fingerprint density at radius 3 is 2.39 bits per heavy atom. The molecule has 0 bridgehead atoms. The van der Waals surface area contributed by atoms with E-state index in [9.17, 15) is 8.42 Å². The van der Waals surface area contributed by atoms with E-state index >= 15 is 0 Å². The first-order valence-electron chi connectivity index (χ1n) is 8.84. The molecule has 0 saturated heterocycles. The number of nitrogens with one attached hydrogen (secondary N) is 2. The molecule has 0 aliphatic rings. The van der Waals surface area contributed by atoms with Crippen LogP contribution in [0, 0.1) is 6.92 Å². The van der Waals surface area contributed by atoms with Gasteiger partial charge in [0.15, 0.2) is 0 Å². The number of anilines is 2. The lowest BCUT2D eigenvalue weighted by atomic mass is 10.1. The van der Waals surface area contributed by atoms with Gasteiger partial charge in [0.1, 0.15) is 11.6 Å². The van der Waals surface area contributed by atoms with Crippen LogP contribution in [0.5, 0.6) is 5.75 Å². The zero-order valence-electron chi connectivity index (χ0n) is 16.0. The minimum absolute atomic E-state index is 0.104. The van der Waals surface area contributed by atoms with Gasteiger partial charge < -0.3 is 10.1 Å². The number of ether oxygens (including phenoxy) is 1. The molecule has 2 N–H and O–H groups in total. The fourth-order valence-corrected chi connectivity index (χ4v) is 3.92. The third kappa shape index (κ3) is 4.61. The molecule has 7 heteroatoms. The van der Waals surface area contributed by atoms with Crippen molar-refractivity contribution in [1.82, 2.24) is 4.98 Å². The fourth-order valence-electron chi connectivity index (χ4n) is 2.83. The maximum absolute atomic E-state index is 12.6. The quantitative estimate of drug-likeness (QED) is 0.619. The second kappa shape index (κ2) is 8.31. The average molecular weight is 398 g/mol. The van der Waals surface area contributed by atoms with Gasteiger partial charge in [-0.15, -0.1) is 0 Å². The highest BCUT2D eigenvalue weighted by atomic mass is 32.2. The van der Waals surface area contributed by atoms with Crippen LogP contribution in [0.2, 0.25) is 0 Å². The lowest BCUT2D eigenvalue weighted by molar-refractivity contribution is 0.411. The number of nitrogens with zero attached hydrogens (tertiary/aromatic N) is 1. The summed E-state index contributed by atoms with van der Waals surface area (Å²) in [7, 11) is -2.18. The highest BCUT2D eigenvalue weighted by molar-refractivity contribution is 7.92. The van der Waals surface area contributed by atoms with Crippen molar-refractivity contribution >= 4 is 21.5 Å². The number of pyridine rings is 1. The van der Waals surface area contributed by atoms with Crippen LogP contribution in [0.15, 0.2) is 71.8 Å². The minimum Gasteiger partial charge on any atom is -0.496 e. The summed E-state index contributed by atoms with van der Waals surface area (Å²) in [6.07, 6.45) is 1.61. The Labute approximate surface area is 165 Å². The van der Waals surface area contributed by atoms with Crippen molar-refractivity contribution < 1.29 is 13.2 Å². The summed E-state index contributed by atoms with van der Waals surface area (Å²) in [6.45, 7) is 3.85. The fraction of sp³-hybridized carbons (Fsp3) is 0.190. The van der Waals surface area contributed by atoms with Crippen LogP contribution in [-0.4, -0.2) is 20.5 Å². The first kappa shape index (κ1) is 19.7. The van der Waals surface area contributed by atoms with Crippen LogP contribution in [0.1, 0.15) is 24.1 Å². The van der Waals surface area contributed by atoms with E-state index in [2.05, 4.69) is 21.9 Å². The molecule has 0 saturated carbocycles. The molecule has 0 aliphatic carbocycles. The SMILES string of the molecule is COc1ccc(S(=O)(=O)Nc2ccc(NC(C)c3ccccc3)cn2)cc1C. The van der Waals surface area contributed by atoms with E-state index in [4.69, 9.17) is 4.74 Å². The van der Waals surface area contributed by atoms with Crippen LogP contribution in [0.4, 0.5) is 11.5 Å². The van der Waals surface area contributed by atoms with Gasteiger partial charge in [-0.25, -0.2) is 13.4 Å². The summed E-state index contributed by atoms with van der Waals surface area (Å²) in [5.74, 6) is 0.895. The van der Waals surface area contributed by atoms with Crippen molar-refractivity contribution in [2.45, 2.75) is 24.8 Å². The third-order valence-corrected chi connectivity index (χ3v) is 5.71. The van der Waals surface area contributed by atoms with Crippen molar-refractivity contribution in [3.8, 4) is 5.75 Å². The van der Waals surface area contributed by atoms with Gasteiger partial charge in [0.2, 0.25) is 0 Å².